The maximum absolute atomic E-state index is 6.13. The lowest BCUT2D eigenvalue weighted by atomic mass is 9.64. The van der Waals surface area contributed by atoms with Gasteiger partial charge in [-0.05, 0) is 36.6 Å². The van der Waals surface area contributed by atoms with Crippen LogP contribution in [-0.4, -0.2) is 19.6 Å². The molecule has 0 unspecified atom stereocenters. The average Bonchev–Trinajstić information content (AvgIpc) is 2.55. The van der Waals surface area contributed by atoms with E-state index >= 15 is 0 Å². The normalized spacial score (nSPS) is 16.3. The summed E-state index contributed by atoms with van der Waals surface area (Å²) in [5.74, 6) is 1.04. The first-order chi connectivity index (χ1) is 11.6. The molecule has 0 heterocycles. The lowest BCUT2D eigenvalue weighted by Gasteiger charge is -2.41. The maximum atomic E-state index is 6.13. The van der Waals surface area contributed by atoms with E-state index in [1.807, 2.05) is 12.1 Å². The fourth-order valence-electron chi connectivity index (χ4n) is 3.10. The summed E-state index contributed by atoms with van der Waals surface area (Å²) in [6.45, 7) is 0.694. The van der Waals surface area contributed by atoms with Crippen molar-refractivity contribution in [3.8, 4) is 5.75 Å². The van der Waals surface area contributed by atoms with Crippen molar-refractivity contribution in [3.63, 3.8) is 0 Å². The molecule has 4 nitrogen and oxygen atoms in total. The highest BCUT2D eigenvalue weighted by molar-refractivity contribution is 6.32. The summed E-state index contributed by atoms with van der Waals surface area (Å²) < 4.78 is 5.15. The van der Waals surface area contributed by atoms with Gasteiger partial charge in [0.25, 0.3) is 0 Å². The van der Waals surface area contributed by atoms with Crippen molar-refractivity contribution in [2.45, 2.75) is 24.7 Å². The number of anilines is 1. The van der Waals surface area contributed by atoms with Crippen LogP contribution >= 0.6 is 11.6 Å². The Morgan fingerprint density at radius 1 is 1.25 bits per heavy atom. The highest BCUT2D eigenvalue weighted by Crippen LogP contribution is 2.43. The van der Waals surface area contributed by atoms with Crippen molar-refractivity contribution in [1.82, 2.24) is 0 Å². The summed E-state index contributed by atoms with van der Waals surface area (Å²) in [6.07, 6.45) is 3.55. The van der Waals surface area contributed by atoms with Gasteiger partial charge in [0.15, 0.2) is 5.96 Å². The summed E-state index contributed by atoms with van der Waals surface area (Å²) in [7, 11) is 1.59. The molecule has 0 aromatic heterocycles. The predicted molar refractivity (Wildman–Crippen MR) is 100 cm³/mol. The summed E-state index contributed by atoms with van der Waals surface area (Å²) in [6, 6.07) is 16.0. The van der Waals surface area contributed by atoms with Gasteiger partial charge in [0, 0.05) is 11.1 Å². The molecular weight excluding hydrogens is 322 g/mol. The van der Waals surface area contributed by atoms with Crippen LogP contribution in [0.1, 0.15) is 24.8 Å². The molecule has 0 spiro atoms. The minimum Gasteiger partial charge on any atom is -0.495 e. The van der Waals surface area contributed by atoms with Crippen LogP contribution in [0.3, 0.4) is 0 Å². The number of hydrogen-bond acceptors (Lipinski definition) is 2. The third-order valence-corrected chi connectivity index (χ3v) is 4.97. The van der Waals surface area contributed by atoms with Crippen LogP contribution in [0.5, 0.6) is 5.75 Å². The minimum absolute atomic E-state index is 0.130. The fraction of sp³-hybridized carbons (Fsp3) is 0.316. The Morgan fingerprint density at radius 3 is 2.58 bits per heavy atom. The first kappa shape index (κ1) is 16.7. The van der Waals surface area contributed by atoms with Crippen LogP contribution in [0.15, 0.2) is 53.5 Å². The second-order valence-electron chi connectivity index (χ2n) is 6.18. The van der Waals surface area contributed by atoms with E-state index in [-0.39, 0.29) is 5.41 Å². The zero-order valence-electron chi connectivity index (χ0n) is 13.8. The number of aliphatic imine (C=N–C) groups is 1. The van der Waals surface area contributed by atoms with Gasteiger partial charge in [0.2, 0.25) is 0 Å². The van der Waals surface area contributed by atoms with Gasteiger partial charge < -0.3 is 15.8 Å². The van der Waals surface area contributed by atoms with E-state index in [2.05, 4.69) is 34.6 Å². The van der Waals surface area contributed by atoms with Crippen LogP contribution < -0.4 is 15.8 Å². The summed E-state index contributed by atoms with van der Waals surface area (Å²) in [5, 5.41) is 3.63. The van der Waals surface area contributed by atoms with Crippen molar-refractivity contribution in [2.75, 3.05) is 19.0 Å². The van der Waals surface area contributed by atoms with E-state index in [0.29, 0.717) is 23.3 Å². The van der Waals surface area contributed by atoms with E-state index in [9.17, 15) is 0 Å². The van der Waals surface area contributed by atoms with E-state index < -0.39 is 0 Å². The molecule has 0 atom stereocenters. The van der Waals surface area contributed by atoms with Crippen molar-refractivity contribution in [1.29, 1.82) is 0 Å². The highest BCUT2D eigenvalue weighted by atomic mass is 35.5. The van der Waals surface area contributed by atoms with E-state index in [1.165, 1.54) is 12.0 Å². The molecule has 0 bridgehead atoms. The average molecular weight is 344 g/mol. The Kier molecular flexibility index (Phi) is 4.95. The first-order valence-electron chi connectivity index (χ1n) is 8.09. The number of benzene rings is 2. The van der Waals surface area contributed by atoms with Crippen molar-refractivity contribution < 1.29 is 4.74 Å². The largest absolute Gasteiger partial charge is 0.495 e. The second-order valence-corrected chi connectivity index (χ2v) is 6.58. The lowest BCUT2D eigenvalue weighted by Crippen LogP contribution is -2.38. The molecule has 0 radical (unpaired) electrons. The number of hydrogen-bond donors (Lipinski definition) is 2. The van der Waals surface area contributed by atoms with Gasteiger partial charge in [-0.3, -0.25) is 4.99 Å². The third-order valence-electron chi connectivity index (χ3n) is 4.67. The van der Waals surface area contributed by atoms with Crippen LogP contribution in [-0.2, 0) is 5.41 Å². The SMILES string of the molecule is COc1ccc(NC(N)=NCC2(c3ccccc3)CCC2)cc1Cl. The molecule has 3 N–H and O–H groups in total. The fourth-order valence-corrected chi connectivity index (χ4v) is 3.36. The van der Waals surface area contributed by atoms with Crippen LogP contribution in [0.2, 0.25) is 5.02 Å². The minimum atomic E-state index is 0.130. The molecule has 126 valence electrons. The van der Waals surface area contributed by atoms with Gasteiger partial charge in [-0.2, -0.15) is 0 Å². The standard InChI is InChI=1S/C19H22ClN3O/c1-24-17-9-8-15(12-16(17)20)23-18(21)22-13-19(10-5-11-19)14-6-3-2-4-7-14/h2-4,6-9,12H,5,10-11,13H2,1H3,(H3,21,22,23). The topological polar surface area (TPSA) is 59.6 Å². The number of ether oxygens (including phenoxy) is 1. The van der Waals surface area contributed by atoms with E-state index in [1.54, 1.807) is 19.2 Å². The second kappa shape index (κ2) is 7.14. The molecule has 2 aromatic carbocycles. The van der Waals surface area contributed by atoms with Gasteiger partial charge >= 0.3 is 0 Å². The number of nitrogens with one attached hydrogen (secondary N) is 1. The molecule has 1 aliphatic carbocycles. The molecule has 24 heavy (non-hydrogen) atoms. The van der Waals surface area contributed by atoms with Gasteiger partial charge in [-0.15, -0.1) is 0 Å². The number of methoxy groups -OCH3 is 1. The molecular formula is C19H22ClN3O. The van der Waals surface area contributed by atoms with E-state index in [4.69, 9.17) is 22.1 Å². The van der Waals surface area contributed by atoms with Crippen molar-refractivity contribution >= 4 is 23.2 Å². The number of guanidine groups is 1. The maximum Gasteiger partial charge on any atom is 0.193 e. The molecule has 2 aromatic rings. The number of nitrogens with two attached hydrogens (primary N) is 1. The smallest absolute Gasteiger partial charge is 0.193 e. The lowest BCUT2D eigenvalue weighted by molar-refractivity contribution is 0.254. The Morgan fingerprint density at radius 2 is 2.00 bits per heavy atom. The van der Waals surface area contributed by atoms with Crippen LogP contribution in [0.25, 0.3) is 0 Å². The number of halogens is 1. The Bertz CT molecular complexity index is 727. The third kappa shape index (κ3) is 3.49. The molecule has 0 aliphatic heterocycles. The van der Waals surface area contributed by atoms with Crippen LogP contribution in [0.4, 0.5) is 5.69 Å². The monoisotopic (exact) mass is 343 g/mol. The van der Waals surface area contributed by atoms with Gasteiger partial charge in [0.05, 0.1) is 18.7 Å². The van der Waals surface area contributed by atoms with Gasteiger partial charge in [-0.25, -0.2) is 0 Å². The number of nitrogens with zero attached hydrogens (tertiary/aromatic N) is 1. The molecule has 3 rings (SSSR count). The molecule has 1 saturated carbocycles. The summed E-state index contributed by atoms with van der Waals surface area (Å²) in [4.78, 5) is 4.57. The number of rotatable bonds is 5. The van der Waals surface area contributed by atoms with Gasteiger partial charge in [-0.1, -0.05) is 48.4 Å². The summed E-state index contributed by atoms with van der Waals surface area (Å²) in [5.41, 5.74) is 8.33. The molecule has 5 heteroatoms. The van der Waals surface area contributed by atoms with E-state index in [0.717, 1.165) is 18.5 Å². The first-order valence-corrected chi connectivity index (χ1v) is 8.47. The molecule has 1 fully saturated rings. The van der Waals surface area contributed by atoms with Crippen molar-refractivity contribution in [2.24, 2.45) is 10.7 Å². The van der Waals surface area contributed by atoms with Crippen LogP contribution in [0, 0.1) is 0 Å². The zero-order chi connectivity index (χ0) is 17.0. The molecule has 0 saturated heterocycles. The highest BCUT2D eigenvalue weighted by Gasteiger charge is 2.38. The zero-order valence-corrected chi connectivity index (χ0v) is 14.5. The molecule has 0 amide bonds. The Balaban J connectivity index is 1.69. The van der Waals surface area contributed by atoms with Gasteiger partial charge in [0.1, 0.15) is 5.75 Å². The Hall–Kier alpha value is -2.20. The molecule has 1 aliphatic rings. The quantitative estimate of drug-likeness (QED) is 0.632. The Labute approximate surface area is 147 Å². The predicted octanol–water partition coefficient (Wildman–Crippen LogP) is 4.20. The van der Waals surface area contributed by atoms with Crippen molar-refractivity contribution in [3.05, 3.63) is 59.1 Å². The summed E-state index contributed by atoms with van der Waals surface area (Å²) >= 11 is 6.13.